The number of hydrogen-bond acceptors (Lipinski definition) is 4. The predicted octanol–water partition coefficient (Wildman–Crippen LogP) is 0.210. The molecule has 7 heteroatoms. The Hall–Kier alpha value is -1.63. The fraction of sp³-hybridized carbons (Fsp3) is 0.769. The standard InChI is InChI=1S/C13H27N7/c1-6-11(2)19(4)8-7-15-13(14-3)16-9-12-17-10-18-20(12)5/h10-11H,6-9H2,1-5H3,(H2,14,15,16). The number of nitrogens with zero attached hydrogens (tertiary/aromatic N) is 5. The molecule has 0 bridgehead atoms. The third-order valence-corrected chi connectivity index (χ3v) is 3.54. The Balaban J connectivity index is 2.29. The Morgan fingerprint density at radius 2 is 2.25 bits per heavy atom. The second kappa shape index (κ2) is 8.52. The van der Waals surface area contributed by atoms with E-state index in [9.17, 15) is 0 Å². The summed E-state index contributed by atoms with van der Waals surface area (Å²) in [6.07, 6.45) is 2.71. The summed E-state index contributed by atoms with van der Waals surface area (Å²) in [6, 6.07) is 0.602. The van der Waals surface area contributed by atoms with Gasteiger partial charge in [0, 0.05) is 33.2 Å². The zero-order valence-corrected chi connectivity index (χ0v) is 13.2. The number of aliphatic imine (C=N–C) groups is 1. The lowest BCUT2D eigenvalue weighted by Crippen LogP contribution is -2.42. The summed E-state index contributed by atoms with van der Waals surface area (Å²) in [6.45, 7) is 6.90. The van der Waals surface area contributed by atoms with Crippen LogP contribution in [0.5, 0.6) is 0 Å². The van der Waals surface area contributed by atoms with Crippen molar-refractivity contribution in [1.29, 1.82) is 0 Å². The maximum absolute atomic E-state index is 4.20. The summed E-state index contributed by atoms with van der Waals surface area (Å²) >= 11 is 0. The van der Waals surface area contributed by atoms with E-state index in [4.69, 9.17) is 0 Å². The second-order valence-corrected chi connectivity index (χ2v) is 4.89. The lowest BCUT2D eigenvalue weighted by molar-refractivity contribution is 0.255. The molecule has 1 unspecified atom stereocenters. The van der Waals surface area contributed by atoms with Crippen molar-refractivity contribution >= 4 is 5.96 Å². The van der Waals surface area contributed by atoms with E-state index >= 15 is 0 Å². The van der Waals surface area contributed by atoms with Gasteiger partial charge in [-0.25, -0.2) is 4.98 Å². The van der Waals surface area contributed by atoms with E-state index in [1.807, 2.05) is 7.05 Å². The molecule has 0 fully saturated rings. The van der Waals surface area contributed by atoms with E-state index in [1.165, 1.54) is 0 Å². The highest BCUT2D eigenvalue weighted by molar-refractivity contribution is 5.79. The van der Waals surface area contributed by atoms with Crippen LogP contribution in [0.15, 0.2) is 11.3 Å². The minimum absolute atomic E-state index is 0.602. The van der Waals surface area contributed by atoms with Crippen LogP contribution >= 0.6 is 0 Å². The Labute approximate surface area is 121 Å². The van der Waals surface area contributed by atoms with Crippen LogP contribution in [0.3, 0.4) is 0 Å². The second-order valence-electron chi connectivity index (χ2n) is 4.89. The van der Waals surface area contributed by atoms with Gasteiger partial charge in [-0.1, -0.05) is 6.92 Å². The summed E-state index contributed by atoms with van der Waals surface area (Å²) < 4.78 is 1.75. The van der Waals surface area contributed by atoms with Gasteiger partial charge in [-0.15, -0.1) is 0 Å². The van der Waals surface area contributed by atoms with Crippen molar-refractivity contribution in [2.75, 3.05) is 27.2 Å². The first-order valence-electron chi connectivity index (χ1n) is 7.06. The molecular formula is C13H27N7. The van der Waals surface area contributed by atoms with Gasteiger partial charge in [0.2, 0.25) is 0 Å². The van der Waals surface area contributed by atoms with Crippen LogP contribution in [0.25, 0.3) is 0 Å². The molecule has 1 heterocycles. The van der Waals surface area contributed by atoms with Crippen LogP contribution < -0.4 is 10.6 Å². The highest BCUT2D eigenvalue weighted by atomic mass is 15.3. The van der Waals surface area contributed by atoms with Crippen molar-refractivity contribution in [3.63, 3.8) is 0 Å². The maximum atomic E-state index is 4.20. The van der Waals surface area contributed by atoms with Gasteiger partial charge in [0.15, 0.2) is 5.96 Å². The molecule has 0 aromatic carbocycles. The van der Waals surface area contributed by atoms with E-state index in [0.717, 1.165) is 31.3 Å². The van der Waals surface area contributed by atoms with Gasteiger partial charge in [-0.2, -0.15) is 5.10 Å². The molecule has 1 aromatic rings. The normalized spacial score (nSPS) is 13.6. The number of rotatable bonds is 7. The van der Waals surface area contributed by atoms with Crippen LogP contribution in [-0.2, 0) is 13.6 Å². The molecule has 0 aliphatic heterocycles. The van der Waals surface area contributed by atoms with E-state index in [-0.39, 0.29) is 0 Å². The molecule has 1 aromatic heterocycles. The topological polar surface area (TPSA) is 70.4 Å². The van der Waals surface area contributed by atoms with E-state index in [1.54, 1.807) is 18.1 Å². The van der Waals surface area contributed by atoms with E-state index in [0.29, 0.717) is 12.6 Å². The smallest absolute Gasteiger partial charge is 0.191 e. The number of aryl methyl sites for hydroxylation is 1. The minimum Gasteiger partial charge on any atom is -0.355 e. The van der Waals surface area contributed by atoms with E-state index in [2.05, 4.69) is 51.5 Å². The van der Waals surface area contributed by atoms with Gasteiger partial charge in [-0.3, -0.25) is 9.67 Å². The van der Waals surface area contributed by atoms with Gasteiger partial charge >= 0.3 is 0 Å². The van der Waals surface area contributed by atoms with Gasteiger partial charge in [0.05, 0.1) is 6.54 Å². The van der Waals surface area contributed by atoms with Crippen LogP contribution in [0, 0.1) is 0 Å². The van der Waals surface area contributed by atoms with Crippen LogP contribution in [0.2, 0.25) is 0 Å². The molecule has 0 saturated heterocycles. The van der Waals surface area contributed by atoms with Crippen LogP contribution in [0.4, 0.5) is 0 Å². The van der Waals surface area contributed by atoms with Gasteiger partial charge in [0.1, 0.15) is 12.2 Å². The van der Waals surface area contributed by atoms with Gasteiger partial charge in [0.25, 0.3) is 0 Å². The summed E-state index contributed by atoms with van der Waals surface area (Å²) in [5, 5.41) is 10.6. The SMILES string of the molecule is CCC(C)N(C)CCNC(=NC)NCc1ncnn1C. The number of nitrogens with one attached hydrogen (secondary N) is 2. The largest absolute Gasteiger partial charge is 0.355 e. The lowest BCUT2D eigenvalue weighted by atomic mass is 10.2. The van der Waals surface area contributed by atoms with E-state index < -0.39 is 0 Å². The van der Waals surface area contributed by atoms with Crippen molar-refractivity contribution in [2.45, 2.75) is 32.9 Å². The Morgan fingerprint density at radius 3 is 2.80 bits per heavy atom. The molecule has 114 valence electrons. The summed E-state index contributed by atoms with van der Waals surface area (Å²) in [4.78, 5) is 10.7. The molecule has 0 aliphatic carbocycles. The summed E-state index contributed by atoms with van der Waals surface area (Å²) in [7, 11) is 5.79. The zero-order valence-electron chi connectivity index (χ0n) is 13.2. The van der Waals surface area contributed by atoms with Gasteiger partial charge < -0.3 is 15.5 Å². The molecular weight excluding hydrogens is 254 g/mol. The number of likely N-dealkylation sites (N-methyl/N-ethyl adjacent to an activating group) is 1. The molecule has 0 radical (unpaired) electrons. The van der Waals surface area contributed by atoms with Crippen molar-refractivity contribution in [3.8, 4) is 0 Å². The Morgan fingerprint density at radius 1 is 1.50 bits per heavy atom. The van der Waals surface area contributed by atoms with Crippen molar-refractivity contribution in [2.24, 2.45) is 12.0 Å². The average molecular weight is 281 g/mol. The monoisotopic (exact) mass is 281 g/mol. The number of guanidine groups is 1. The first-order chi connectivity index (χ1) is 9.58. The highest BCUT2D eigenvalue weighted by Crippen LogP contribution is 1.98. The molecule has 0 amide bonds. The maximum Gasteiger partial charge on any atom is 0.191 e. The third-order valence-electron chi connectivity index (χ3n) is 3.54. The molecule has 1 rings (SSSR count). The molecule has 2 N–H and O–H groups in total. The molecule has 1 atom stereocenters. The average Bonchev–Trinajstić information content (AvgIpc) is 2.86. The van der Waals surface area contributed by atoms with Crippen molar-refractivity contribution < 1.29 is 0 Å². The van der Waals surface area contributed by atoms with Gasteiger partial charge in [-0.05, 0) is 20.4 Å². The predicted molar refractivity (Wildman–Crippen MR) is 81.6 cm³/mol. The van der Waals surface area contributed by atoms with Crippen LogP contribution in [-0.4, -0.2) is 58.9 Å². The quantitative estimate of drug-likeness (QED) is 0.552. The summed E-state index contributed by atoms with van der Waals surface area (Å²) in [5.74, 6) is 1.66. The Kier molecular flexibility index (Phi) is 7.00. The van der Waals surface area contributed by atoms with Crippen LogP contribution in [0.1, 0.15) is 26.1 Å². The minimum atomic E-state index is 0.602. The first-order valence-corrected chi connectivity index (χ1v) is 7.06. The molecule has 0 spiro atoms. The van der Waals surface area contributed by atoms with Crippen molar-refractivity contribution in [1.82, 2.24) is 30.3 Å². The molecule has 20 heavy (non-hydrogen) atoms. The molecule has 0 saturated carbocycles. The fourth-order valence-electron chi connectivity index (χ4n) is 1.75. The number of aromatic nitrogens is 3. The molecule has 7 nitrogen and oxygen atoms in total. The lowest BCUT2D eigenvalue weighted by Gasteiger charge is -2.23. The Bertz CT molecular complexity index is 413. The highest BCUT2D eigenvalue weighted by Gasteiger charge is 2.06. The number of hydrogen-bond donors (Lipinski definition) is 2. The molecule has 0 aliphatic rings. The van der Waals surface area contributed by atoms with Crippen molar-refractivity contribution in [3.05, 3.63) is 12.2 Å². The first kappa shape index (κ1) is 16.4. The fourth-order valence-corrected chi connectivity index (χ4v) is 1.75. The third kappa shape index (κ3) is 5.16. The zero-order chi connectivity index (χ0) is 15.0. The summed E-state index contributed by atoms with van der Waals surface area (Å²) in [5.41, 5.74) is 0.